The van der Waals surface area contributed by atoms with E-state index in [0.717, 1.165) is 32.2 Å². The van der Waals surface area contributed by atoms with Crippen LogP contribution in [0.2, 0.25) is 0 Å². The number of carbonyl (C=O) groups is 1. The second-order valence-corrected chi connectivity index (χ2v) is 10.1. The normalized spacial score (nSPS) is 47.6. The molecule has 0 aromatic heterocycles. The molecule has 3 saturated carbocycles. The van der Waals surface area contributed by atoms with Crippen LogP contribution < -0.4 is 4.74 Å². The largest absolute Gasteiger partial charge is 0.504 e. The van der Waals surface area contributed by atoms with Crippen molar-refractivity contribution >= 4 is 5.78 Å². The molecule has 0 radical (unpaired) electrons. The Kier molecular flexibility index (Phi) is 3.04. The lowest BCUT2D eigenvalue weighted by Crippen LogP contribution is -2.83. The lowest BCUT2D eigenvalue weighted by molar-refractivity contribution is -0.291. The lowest BCUT2D eigenvalue weighted by Gasteiger charge is -2.75. The number of aromatic hydroxyl groups is 1. The third-order valence-electron chi connectivity index (χ3n) is 9.49. The van der Waals surface area contributed by atoms with Crippen molar-refractivity contribution in [2.24, 2.45) is 17.3 Å². The standard InChI is InChI=1S/C23H29NO4/c1-12-10-21-11-15(13(2)25)23(12,27-4)20-22(21)7-8-24(3)17(21)9-14-5-6-16(26)19(28-20)18(14)22/h5-6,12,15,17,20,26H,7-11H2,1-4H3. The van der Waals surface area contributed by atoms with Gasteiger partial charge in [0.15, 0.2) is 11.5 Å². The van der Waals surface area contributed by atoms with Crippen molar-refractivity contribution in [1.29, 1.82) is 0 Å². The summed E-state index contributed by atoms with van der Waals surface area (Å²) < 4.78 is 13.0. The van der Waals surface area contributed by atoms with Gasteiger partial charge in [0.25, 0.3) is 0 Å². The van der Waals surface area contributed by atoms with Crippen LogP contribution in [0.5, 0.6) is 11.5 Å². The summed E-state index contributed by atoms with van der Waals surface area (Å²) in [5.74, 6) is 1.16. The van der Waals surface area contributed by atoms with Gasteiger partial charge in [-0.25, -0.2) is 0 Å². The maximum Gasteiger partial charge on any atom is 0.165 e. The third kappa shape index (κ3) is 1.47. The molecule has 1 aromatic carbocycles. The number of fused-ring (bicyclic) bond motifs is 2. The molecule has 5 nitrogen and oxygen atoms in total. The molecule has 7 atom stereocenters. The number of benzene rings is 1. The van der Waals surface area contributed by atoms with E-state index in [4.69, 9.17) is 9.47 Å². The predicted octanol–water partition coefficient (Wildman–Crippen LogP) is 2.67. The molecule has 7 unspecified atom stereocenters. The Hall–Kier alpha value is -1.59. The van der Waals surface area contributed by atoms with E-state index >= 15 is 0 Å². The Labute approximate surface area is 166 Å². The van der Waals surface area contributed by atoms with Crippen LogP contribution >= 0.6 is 0 Å². The second kappa shape index (κ2) is 4.93. The monoisotopic (exact) mass is 383 g/mol. The Morgan fingerprint density at radius 1 is 1.36 bits per heavy atom. The SMILES string of the molecule is COC12C(C)CC3(CC1C(C)=O)C1Cc4ccc(O)c5c4C3(CCN1C)C2O5. The van der Waals surface area contributed by atoms with E-state index in [2.05, 4.69) is 24.9 Å². The van der Waals surface area contributed by atoms with Gasteiger partial charge in [0.1, 0.15) is 17.5 Å². The summed E-state index contributed by atoms with van der Waals surface area (Å²) in [6.07, 6.45) is 3.66. The number of phenolic OH excluding ortho intramolecular Hbond substituents is 1. The molecule has 1 N–H and O–H groups in total. The molecule has 5 heteroatoms. The molecule has 0 amide bonds. The van der Waals surface area contributed by atoms with Gasteiger partial charge in [0.2, 0.25) is 0 Å². The number of Topliss-reactive ketones (excluding diaryl/α,β-unsaturated/α-hetero) is 1. The number of nitrogens with zero attached hydrogens (tertiary/aromatic N) is 1. The first kappa shape index (κ1) is 17.3. The average Bonchev–Trinajstić information content (AvgIpc) is 3.02. The maximum absolute atomic E-state index is 12.9. The van der Waals surface area contributed by atoms with Crippen molar-refractivity contribution in [3.05, 3.63) is 23.3 Å². The zero-order valence-corrected chi connectivity index (χ0v) is 17.1. The van der Waals surface area contributed by atoms with E-state index in [1.807, 2.05) is 0 Å². The number of piperidine rings is 1. The molecule has 1 saturated heterocycles. The maximum atomic E-state index is 12.9. The quantitative estimate of drug-likeness (QED) is 0.851. The van der Waals surface area contributed by atoms with Crippen molar-refractivity contribution < 1.29 is 19.4 Å². The summed E-state index contributed by atoms with van der Waals surface area (Å²) in [6.45, 7) is 4.97. The first-order chi connectivity index (χ1) is 13.3. The molecule has 7 rings (SSSR count). The van der Waals surface area contributed by atoms with Crippen molar-refractivity contribution in [2.45, 2.75) is 62.7 Å². The van der Waals surface area contributed by atoms with Gasteiger partial charge in [-0.15, -0.1) is 0 Å². The number of carbonyl (C=O) groups excluding carboxylic acids is 1. The summed E-state index contributed by atoms with van der Waals surface area (Å²) in [7, 11) is 3.99. The van der Waals surface area contributed by atoms with Crippen molar-refractivity contribution in [2.75, 3.05) is 20.7 Å². The molecule has 4 bridgehead atoms. The van der Waals surface area contributed by atoms with Crippen molar-refractivity contribution in [3.63, 3.8) is 0 Å². The Bertz CT molecular complexity index is 914. The predicted molar refractivity (Wildman–Crippen MR) is 104 cm³/mol. The van der Waals surface area contributed by atoms with Gasteiger partial charge in [0, 0.05) is 29.5 Å². The molecular formula is C23H29NO4. The van der Waals surface area contributed by atoms with Gasteiger partial charge >= 0.3 is 0 Å². The summed E-state index contributed by atoms with van der Waals surface area (Å²) in [5, 5.41) is 10.7. The van der Waals surface area contributed by atoms with Gasteiger partial charge < -0.3 is 19.5 Å². The van der Waals surface area contributed by atoms with Gasteiger partial charge in [-0.2, -0.15) is 0 Å². The molecule has 150 valence electrons. The molecular weight excluding hydrogens is 354 g/mol. The van der Waals surface area contributed by atoms with Crippen LogP contribution in [0.15, 0.2) is 12.1 Å². The zero-order valence-electron chi connectivity index (χ0n) is 17.1. The van der Waals surface area contributed by atoms with Gasteiger partial charge in [-0.3, -0.25) is 4.79 Å². The minimum atomic E-state index is -0.631. The topological polar surface area (TPSA) is 59.0 Å². The number of rotatable bonds is 2. The molecule has 4 aliphatic carbocycles. The molecule has 2 spiro atoms. The van der Waals surface area contributed by atoms with Crippen LogP contribution in [-0.4, -0.2) is 54.2 Å². The number of likely N-dealkylation sites (tertiary alicyclic amines) is 1. The highest BCUT2D eigenvalue weighted by Gasteiger charge is 2.82. The number of likely N-dealkylation sites (N-methyl/N-ethyl adjacent to an activating group) is 1. The first-order valence-electron chi connectivity index (χ1n) is 10.6. The molecule has 1 aromatic rings. The Balaban J connectivity index is 1.72. The molecule has 6 aliphatic rings. The highest BCUT2D eigenvalue weighted by molar-refractivity contribution is 5.81. The summed E-state index contributed by atoms with van der Waals surface area (Å²) in [4.78, 5) is 15.4. The highest BCUT2D eigenvalue weighted by atomic mass is 16.6. The van der Waals surface area contributed by atoms with E-state index in [9.17, 15) is 9.90 Å². The van der Waals surface area contributed by atoms with Crippen LogP contribution in [0, 0.1) is 17.3 Å². The number of methoxy groups -OCH3 is 1. The summed E-state index contributed by atoms with van der Waals surface area (Å²) >= 11 is 0. The van der Waals surface area contributed by atoms with E-state index in [0.29, 0.717) is 11.8 Å². The van der Waals surface area contributed by atoms with Crippen LogP contribution in [0.1, 0.15) is 44.2 Å². The molecule has 2 heterocycles. The number of ether oxygens (including phenoxy) is 2. The number of hydrogen-bond acceptors (Lipinski definition) is 5. The van der Waals surface area contributed by atoms with E-state index < -0.39 is 5.60 Å². The Morgan fingerprint density at radius 2 is 2.14 bits per heavy atom. The lowest BCUT2D eigenvalue weighted by atomic mass is 9.33. The average molecular weight is 383 g/mol. The van der Waals surface area contributed by atoms with Gasteiger partial charge in [-0.05, 0) is 63.7 Å². The number of phenols is 1. The first-order valence-corrected chi connectivity index (χ1v) is 10.6. The Morgan fingerprint density at radius 3 is 2.86 bits per heavy atom. The second-order valence-electron chi connectivity index (χ2n) is 10.1. The van der Waals surface area contributed by atoms with Gasteiger partial charge in [0.05, 0.1) is 5.92 Å². The smallest absolute Gasteiger partial charge is 0.165 e. The summed E-state index contributed by atoms with van der Waals surface area (Å²) in [5.41, 5.74) is 1.74. The van der Waals surface area contributed by atoms with Crippen LogP contribution in [0.25, 0.3) is 0 Å². The number of ketones is 1. The minimum absolute atomic E-state index is 0.00720. The van der Waals surface area contributed by atoms with Crippen molar-refractivity contribution in [3.8, 4) is 11.5 Å². The van der Waals surface area contributed by atoms with E-state index in [1.54, 1.807) is 20.1 Å². The fraction of sp³-hybridized carbons (Fsp3) is 0.696. The van der Waals surface area contributed by atoms with Crippen LogP contribution in [0.3, 0.4) is 0 Å². The number of hydrogen-bond donors (Lipinski definition) is 1. The molecule has 4 fully saturated rings. The molecule has 28 heavy (non-hydrogen) atoms. The van der Waals surface area contributed by atoms with Crippen molar-refractivity contribution in [1.82, 2.24) is 4.90 Å². The van der Waals surface area contributed by atoms with E-state index in [1.165, 1.54) is 11.1 Å². The molecule has 2 aliphatic heterocycles. The van der Waals surface area contributed by atoms with Crippen LogP contribution in [-0.2, 0) is 21.4 Å². The van der Waals surface area contributed by atoms with E-state index in [-0.39, 0.29) is 40.3 Å². The zero-order chi connectivity index (χ0) is 19.6. The minimum Gasteiger partial charge on any atom is -0.504 e. The fourth-order valence-corrected chi connectivity index (χ4v) is 8.67. The summed E-state index contributed by atoms with van der Waals surface area (Å²) in [6, 6.07) is 4.27. The highest BCUT2D eigenvalue weighted by Crippen LogP contribution is 2.77. The third-order valence-corrected chi connectivity index (χ3v) is 9.49. The fourth-order valence-electron chi connectivity index (χ4n) is 8.67. The van der Waals surface area contributed by atoms with Crippen LogP contribution in [0.4, 0.5) is 0 Å². The van der Waals surface area contributed by atoms with Gasteiger partial charge in [-0.1, -0.05) is 13.0 Å².